The second-order valence-corrected chi connectivity index (χ2v) is 6.58. The second-order valence-electron chi connectivity index (χ2n) is 5.16. The number of nitrogens with one attached hydrogen (secondary N) is 1. The quantitative estimate of drug-likeness (QED) is 0.738. The molecule has 23 heavy (non-hydrogen) atoms. The maximum absolute atomic E-state index is 12.5. The maximum Gasteiger partial charge on any atom is 0.343 e. The number of pyridine rings is 1. The number of amides is 1. The summed E-state index contributed by atoms with van der Waals surface area (Å²) in [5.41, 5.74) is 0.705. The number of halogens is 1. The van der Waals surface area contributed by atoms with E-state index in [-0.39, 0.29) is 0 Å². The molecule has 0 atom stereocenters. The van der Waals surface area contributed by atoms with Gasteiger partial charge < -0.3 is 5.32 Å². The fraction of sp³-hybridized carbons (Fsp3) is 0.267. The highest BCUT2D eigenvalue weighted by atomic mass is 35.5. The molecule has 0 aliphatic heterocycles. The molecule has 0 aliphatic carbocycles. The molecule has 1 amide bonds. The summed E-state index contributed by atoms with van der Waals surface area (Å²) in [4.78, 5) is 30.2. The SMILES string of the molecule is Cc1cc(Cl)nc2c1c(=O)n(C(=O)NCCc1cccs1)n2C. The third-order valence-electron chi connectivity index (χ3n) is 3.60. The average Bonchev–Trinajstić information content (AvgIpc) is 3.07. The molecule has 0 bridgehead atoms. The predicted molar refractivity (Wildman–Crippen MR) is 91.5 cm³/mol. The number of carbonyl (C=O) groups excluding carboxylic acids is 1. The van der Waals surface area contributed by atoms with Crippen molar-refractivity contribution in [2.75, 3.05) is 6.54 Å². The summed E-state index contributed by atoms with van der Waals surface area (Å²) in [7, 11) is 1.62. The van der Waals surface area contributed by atoms with Crippen molar-refractivity contribution in [3.05, 3.63) is 49.5 Å². The Kier molecular flexibility index (Phi) is 4.23. The smallest absolute Gasteiger partial charge is 0.336 e. The van der Waals surface area contributed by atoms with Crippen LogP contribution in [0.4, 0.5) is 4.79 Å². The van der Waals surface area contributed by atoms with Crippen LogP contribution >= 0.6 is 22.9 Å². The minimum Gasteiger partial charge on any atom is -0.336 e. The molecule has 3 rings (SSSR count). The molecule has 3 aromatic rings. The Morgan fingerprint density at radius 1 is 1.48 bits per heavy atom. The van der Waals surface area contributed by atoms with Crippen molar-refractivity contribution in [1.29, 1.82) is 0 Å². The van der Waals surface area contributed by atoms with E-state index in [9.17, 15) is 9.59 Å². The Balaban J connectivity index is 1.88. The Labute approximate surface area is 141 Å². The van der Waals surface area contributed by atoms with Gasteiger partial charge in [0, 0.05) is 18.5 Å². The van der Waals surface area contributed by atoms with Gasteiger partial charge in [-0.05, 0) is 36.4 Å². The molecule has 1 N–H and O–H groups in total. The summed E-state index contributed by atoms with van der Waals surface area (Å²) in [6.45, 7) is 2.23. The van der Waals surface area contributed by atoms with Crippen LogP contribution in [-0.4, -0.2) is 26.9 Å². The van der Waals surface area contributed by atoms with E-state index in [1.54, 1.807) is 31.4 Å². The van der Waals surface area contributed by atoms with Crippen molar-refractivity contribution < 1.29 is 4.79 Å². The summed E-state index contributed by atoms with van der Waals surface area (Å²) in [5.74, 6) is 0. The van der Waals surface area contributed by atoms with E-state index in [1.807, 2.05) is 17.5 Å². The first kappa shape index (κ1) is 15.8. The number of rotatable bonds is 3. The largest absolute Gasteiger partial charge is 0.343 e. The molecule has 0 aliphatic rings. The number of aromatic nitrogens is 3. The summed E-state index contributed by atoms with van der Waals surface area (Å²) in [5, 5.41) is 5.45. The lowest BCUT2D eigenvalue weighted by atomic mass is 10.2. The van der Waals surface area contributed by atoms with Gasteiger partial charge in [0.25, 0.3) is 5.56 Å². The van der Waals surface area contributed by atoms with Crippen molar-refractivity contribution in [1.82, 2.24) is 19.7 Å². The molecule has 0 saturated carbocycles. The van der Waals surface area contributed by atoms with Crippen LogP contribution in [0.15, 0.2) is 28.4 Å². The molecule has 8 heteroatoms. The molecule has 3 heterocycles. The van der Waals surface area contributed by atoms with Crippen molar-refractivity contribution in [2.45, 2.75) is 13.3 Å². The van der Waals surface area contributed by atoms with Crippen LogP contribution in [0.1, 0.15) is 10.4 Å². The van der Waals surface area contributed by atoms with Gasteiger partial charge in [0.05, 0.1) is 5.39 Å². The standard InChI is InChI=1S/C15H15ClN4O2S/c1-9-8-11(16)18-13-12(9)14(21)20(19(13)2)15(22)17-6-5-10-4-3-7-23-10/h3-4,7-8H,5-6H2,1-2H3,(H,17,22). The Hall–Kier alpha value is -2.12. The highest BCUT2D eigenvalue weighted by Gasteiger charge is 2.19. The first-order valence-electron chi connectivity index (χ1n) is 7.04. The molecular weight excluding hydrogens is 336 g/mol. The fourth-order valence-corrected chi connectivity index (χ4v) is 3.46. The highest BCUT2D eigenvalue weighted by molar-refractivity contribution is 7.09. The topological polar surface area (TPSA) is 68.9 Å². The lowest BCUT2D eigenvalue weighted by molar-refractivity contribution is 0.236. The van der Waals surface area contributed by atoms with Crippen LogP contribution in [0.3, 0.4) is 0 Å². The van der Waals surface area contributed by atoms with E-state index in [4.69, 9.17) is 11.6 Å². The van der Waals surface area contributed by atoms with Crippen LogP contribution in [-0.2, 0) is 13.5 Å². The van der Waals surface area contributed by atoms with E-state index in [2.05, 4.69) is 10.3 Å². The van der Waals surface area contributed by atoms with Gasteiger partial charge in [0.1, 0.15) is 5.15 Å². The van der Waals surface area contributed by atoms with E-state index >= 15 is 0 Å². The summed E-state index contributed by atoms with van der Waals surface area (Å²) < 4.78 is 2.48. The molecule has 0 fully saturated rings. The molecule has 6 nitrogen and oxygen atoms in total. The first-order chi connectivity index (χ1) is 11.0. The summed E-state index contributed by atoms with van der Waals surface area (Å²) in [6.07, 6.45) is 0.727. The van der Waals surface area contributed by atoms with E-state index in [1.165, 1.54) is 9.56 Å². The highest BCUT2D eigenvalue weighted by Crippen LogP contribution is 2.17. The normalized spacial score (nSPS) is 11.1. The van der Waals surface area contributed by atoms with Gasteiger partial charge in [-0.1, -0.05) is 17.7 Å². The van der Waals surface area contributed by atoms with Crippen molar-refractivity contribution in [3.8, 4) is 0 Å². The van der Waals surface area contributed by atoms with Gasteiger partial charge in [0.2, 0.25) is 0 Å². The maximum atomic E-state index is 12.5. The zero-order valence-corrected chi connectivity index (χ0v) is 14.2. The second kappa shape index (κ2) is 6.17. The third-order valence-corrected chi connectivity index (χ3v) is 4.73. The third kappa shape index (κ3) is 2.89. The van der Waals surface area contributed by atoms with Crippen LogP contribution < -0.4 is 10.9 Å². The number of hydrogen-bond acceptors (Lipinski definition) is 4. The van der Waals surface area contributed by atoms with Crippen LogP contribution in [0, 0.1) is 6.92 Å². The molecule has 0 radical (unpaired) electrons. The van der Waals surface area contributed by atoms with Crippen molar-refractivity contribution >= 4 is 40.0 Å². The van der Waals surface area contributed by atoms with Crippen LogP contribution in [0.25, 0.3) is 11.0 Å². The Morgan fingerprint density at radius 2 is 2.26 bits per heavy atom. The number of nitrogens with zero attached hydrogens (tertiary/aromatic N) is 3. The summed E-state index contributed by atoms with van der Waals surface area (Å²) >= 11 is 7.58. The average molecular weight is 351 g/mol. The lowest BCUT2D eigenvalue weighted by Gasteiger charge is -2.07. The van der Waals surface area contributed by atoms with E-state index in [0.29, 0.717) is 28.3 Å². The number of hydrogen-bond donors (Lipinski definition) is 1. The van der Waals surface area contributed by atoms with E-state index in [0.717, 1.165) is 11.1 Å². The molecule has 3 aromatic heterocycles. The van der Waals surface area contributed by atoms with Crippen LogP contribution in [0.5, 0.6) is 0 Å². The van der Waals surface area contributed by atoms with E-state index < -0.39 is 11.6 Å². The fourth-order valence-electron chi connectivity index (χ4n) is 2.50. The minimum atomic E-state index is -0.470. The monoisotopic (exact) mass is 350 g/mol. The molecule has 0 aromatic carbocycles. The molecule has 0 spiro atoms. The molecule has 0 saturated heterocycles. The van der Waals surface area contributed by atoms with Gasteiger partial charge in [-0.2, -0.15) is 4.68 Å². The number of aryl methyl sites for hydroxylation is 2. The molecule has 0 unspecified atom stereocenters. The Bertz CT molecular complexity index is 927. The van der Waals surface area contributed by atoms with Gasteiger partial charge >= 0.3 is 6.03 Å². The van der Waals surface area contributed by atoms with Gasteiger partial charge in [-0.3, -0.25) is 9.48 Å². The Morgan fingerprint density at radius 3 is 2.96 bits per heavy atom. The van der Waals surface area contributed by atoms with Gasteiger partial charge in [0.15, 0.2) is 5.65 Å². The van der Waals surface area contributed by atoms with Crippen LogP contribution in [0.2, 0.25) is 5.15 Å². The lowest BCUT2D eigenvalue weighted by Crippen LogP contribution is -2.38. The summed E-state index contributed by atoms with van der Waals surface area (Å²) in [6, 6.07) is 5.12. The minimum absolute atomic E-state index is 0.292. The molecular formula is C15H15ClN4O2S. The number of thiophene rings is 1. The van der Waals surface area contributed by atoms with Crippen molar-refractivity contribution in [2.24, 2.45) is 7.05 Å². The number of carbonyl (C=O) groups is 1. The zero-order chi connectivity index (χ0) is 16.6. The predicted octanol–water partition coefficient (Wildman–Crippen LogP) is 2.56. The van der Waals surface area contributed by atoms with Gasteiger partial charge in [-0.25, -0.2) is 9.78 Å². The zero-order valence-electron chi connectivity index (χ0n) is 12.7. The number of fused-ring (bicyclic) bond motifs is 1. The first-order valence-corrected chi connectivity index (χ1v) is 8.30. The van der Waals surface area contributed by atoms with Gasteiger partial charge in [-0.15, -0.1) is 11.3 Å². The van der Waals surface area contributed by atoms with Crippen molar-refractivity contribution in [3.63, 3.8) is 0 Å². The molecule has 120 valence electrons.